The predicted molar refractivity (Wildman–Crippen MR) is 133 cm³/mol. The van der Waals surface area contributed by atoms with E-state index in [4.69, 9.17) is 0 Å². The first-order valence-corrected chi connectivity index (χ1v) is 12.3. The van der Waals surface area contributed by atoms with Crippen molar-refractivity contribution in [3.05, 3.63) is 51.9 Å². The Morgan fingerprint density at radius 1 is 1.18 bits per heavy atom. The summed E-state index contributed by atoms with van der Waals surface area (Å²) in [7, 11) is 2.15. The van der Waals surface area contributed by atoms with E-state index < -0.39 is 0 Å². The van der Waals surface area contributed by atoms with Crippen LogP contribution in [0.4, 0.5) is 5.82 Å². The van der Waals surface area contributed by atoms with E-state index in [1.54, 1.807) is 11.2 Å². The first-order valence-electron chi connectivity index (χ1n) is 11.5. The Morgan fingerprint density at radius 3 is 2.58 bits per heavy atom. The van der Waals surface area contributed by atoms with E-state index in [1.807, 2.05) is 30.3 Å². The van der Waals surface area contributed by atoms with Gasteiger partial charge in [-0.2, -0.15) is 10.2 Å². The normalized spacial score (nSPS) is 14.6. The highest BCUT2D eigenvalue weighted by molar-refractivity contribution is 9.10. The van der Waals surface area contributed by atoms with Crippen LogP contribution in [-0.2, 0) is 6.54 Å². The van der Waals surface area contributed by atoms with E-state index in [0.717, 1.165) is 58.4 Å². The van der Waals surface area contributed by atoms with Crippen molar-refractivity contribution in [3.63, 3.8) is 0 Å². The van der Waals surface area contributed by atoms with Crippen LogP contribution in [0, 0.1) is 11.3 Å². The average molecular weight is 514 g/mol. The number of carbonyl (C=O) groups is 1. The summed E-state index contributed by atoms with van der Waals surface area (Å²) in [5.41, 5.74) is 4.76. The van der Waals surface area contributed by atoms with Gasteiger partial charge in [0.15, 0.2) is 5.82 Å². The number of rotatable bonds is 10. The van der Waals surface area contributed by atoms with Gasteiger partial charge in [-0.1, -0.05) is 38.3 Å². The van der Waals surface area contributed by atoms with Crippen LogP contribution in [0.25, 0.3) is 0 Å². The molecule has 33 heavy (non-hydrogen) atoms. The average Bonchev–Trinajstić information content (AvgIpc) is 2.83. The molecule has 9 heteroatoms. The standard InChI is InChI=1S/C24H32BrN7O/c1-3-4-5-6-11-32(23-21(25)17-27-22(16-26)28-23)29-24(33)20-9-7-19(8-10-20)18-31-14-12-30(2)13-15-31/h7-10,17H,3-6,11-15,18H2,1-2H3,(H,29,33). The van der Waals surface area contributed by atoms with Gasteiger partial charge in [0.05, 0.1) is 4.47 Å². The zero-order valence-corrected chi connectivity index (χ0v) is 21.0. The van der Waals surface area contributed by atoms with Gasteiger partial charge < -0.3 is 4.90 Å². The summed E-state index contributed by atoms with van der Waals surface area (Å²) in [6.45, 7) is 7.93. The van der Waals surface area contributed by atoms with Gasteiger partial charge in [0, 0.05) is 51.0 Å². The lowest BCUT2D eigenvalue weighted by molar-refractivity contribution is 0.0948. The Balaban J connectivity index is 1.67. The molecule has 0 radical (unpaired) electrons. The minimum Gasteiger partial charge on any atom is -0.304 e. The van der Waals surface area contributed by atoms with Crippen molar-refractivity contribution in [1.29, 1.82) is 5.26 Å². The zero-order chi connectivity index (χ0) is 23.6. The molecule has 8 nitrogen and oxygen atoms in total. The minimum absolute atomic E-state index is 0.0641. The number of benzene rings is 1. The molecule has 0 bridgehead atoms. The number of piperazine rings is 1. The Morgan fingerprint density at radius 2 is 1.91 bits per heavy atom. The maximum Gasteiger partial charge on any atom is 0.269 e. The van der Waals surface area contributed by atoms with Gasteiger partial charge in [0.1, 0.15) is 6.07 Å². The molecule has 3 rings (SSSR count). The largest absolute Gasteiger partial charge is 0.304 e. The number of halogens is 1. The number of nitrogens with one attached hydrogen (secondary N) is 1. The molecule has 1 aliphatic heterocycles. The van der Waals surface area contributed by atoms with E-state index in [2.05, 4.69) is 55.1 Å². The summed E-state index contributed by atoms with van der Waals surface area (Å²) in [6.07, 6.45) is 5.75. The van der Waals surface area contributed by atoms with Crippen LogP contribution >= 0.6 is 15.9 Å². The second kappa shape index (κ2) is 12.6. The Hall–Kier alpha value is -2.54. The van der Waals surface area contributed by atoms with E-state index in [-0.39, 0.29) is 11.7 Å². The lowest BCUT2D eigenvalue weighted by atomic mass is 10.1. The Labute approximate surface area is 204 Å². The SMILES string of the molecule is CCCCCCN(NC(=O)c1ccc(CN2CCN(C)CC2)cc1)c1nc(C#N)ncc1Br. The molecule has 1 aromatic carbocycles. The smallest absolute Gasteiger partial charge is 0.269 e. The van der Waals surface area contributed by atoms with E-state index in [0.29, 0.717) is 22.4 Å². The number of nitrogens with zero attached hydrogens (tertiary/aromatic N) is 6. The molecule has 0 aliphatic carbocycles. The molecule has 0 spiro atoms. The molecule has 0 unspecified atom stereocenters. The Kier molecular flexibility index (Phi) is 9.61. The highest BCUT2D eigenvalue weighted by Crippen LogP contribution is 2.23. The number of hydrogen-bond acceptors (Lipinski definition) is 7. The van der Waals surface area contributed by atoms with Crippen molar-refractivity contribution in [2.75, 3.05) is 44.8 Å². The fourth-order valence-electron chi connectivity index (χ4n) is 3.73. The monoisotopic (exact) mass is 513 g/mol. The maximum absolute atomic E-state index is 13.0. The zero-order valence-electron chi connectivity index (χ0n) is 19.4. The van der Waals surface area contributed by atoms with Gasteiger partial charge in [-0.3, -0.25) is 20.1 Å². The van der Waals surface area contributed by atoms with Crippen LogP contribution < -0.4 is 10.4 Å². The molecule has 1 aromatic heterocycles. The van der Waals surface area contributed by atoms with Crippen LogP contribution in [0.1, 0.15) is 54.4 Å². The summed E-state index contributed by atoms with van der Waals surface area (Å²) in [6, 6.07) is 9.74. The second-order valence-electron chi connectivity index (χ2n) is 8.41. The van der Waals surface area contributed by atoms with Crippen LogP contribution in [-0.4, -0.2) is 65.4 Å². The van der Waals surface area contributed by atoms with Crippen LogP contribution in [0.2, 0.25) is 0 Å². The molecule has 1 fully saturated rings. The third kappa shape index (κ3) is 7.49. The molecule has 1 N–H and O–H groups in total. The van der Waals surface area contributed by atoms with E-state index in [9.17, 15) is 10.1 Å². The molecular weight excluding hydrogens is 482 g/mol. The summed E-state index contributed by atoms with van der Waals surface area (Å²) >= 11 is 3.45. The third-order valence-corrected chi connectivity index (χ3v) is 6.33. The number of hydrazine groups is 1. The molecule has 1 aliphatic rings. The van der Waals surface area contributed by atoms with Gasteiger partial charge >= 0.3 is 0 Å². The van der Waals surface area contributed by atoms with Crippen molar-refractivity contribution in [3.8, 4) is 6.07 Å². The van der Waals surface area contributed by atoms with Crippen molar-refractivity contribution < 1.29 is 4.79 Å². The van der Waals surface area contributed by atoms with Crippen LogP contribution in [0.3, 0.4) is 0 Å². The maximum atomic E-state index is 13.0. The number of amides is 1. The number of nitriles is 1. The number of hydrogen-bond donors (Lipinski definition) is 1. The number of likely N-dealkylation sites (N-methyl/N-ethyl adjacent to an activating group) is 1. The van der Waals surface area contributed by atoms with E-state index >= 15 is 0 Å². The fourth-order valence-corrected chi connectivity index (χ4v) is 4.13. The molecule has 0 atom stereocenters. The quantitative estimate of drug-likeness (QED) is 0.383. The summed E-state index contributed by atoms with van der Waals surface area (Å²) < 4.78 is 0.625. The van der Waals surface area contributed by atoms with Crippen molar-refractivity contribution in [2.24, 2.45) is 0 Å². The predicted octanol–water partition coefficient (Wildman–Crippen LogP) is 3.59. The first-order chi connectivity index (χ1) is 16.0. The number of unbranched alkanes of at least 4 members (excludes halogenated alkanes) is 3. The molecule has 176 valence electrons. The topological polar surface area (TPSA) is 88.4 Å². The second-order valence-corrected chi connectivity index (χ2v) is 9.26. The third-order valence-electron chi connectivity index (χ3n) is 5.77. The number of anilines is 1. The van der Waals surface area contributed by atoms with Gasteiger partial charge in [0.25, 0.3) is 5.91 Å². The van der Waals surface area contributed by atoms with Gasteiger partial charge in [-0.25, -0.2) is 4.98 Å². The lowest BCUT2D eigenvalue weighted by Gasteiger charge is -2.32. The summed E-state index contributed by atoms with van der Waals surface area (Å²) in [5, 5.41) is 10.9. The first kappa shape index (κ1) is 25.1. The highest BCUT2D eigenvalue weighted by atomic mass is 79.9. The van der Waals surface area contributed by atoms with Crippen LogP contribution in [0.5, 0.6) is 0 Å². The minimum atomic E-state index is -0.208. The highest BCUT2D eigenvalue weighted by Gasteiger charge is 2.18. The van der Waals surface area contributed by atoms with Gasteiger partial charge in [-0.05, 0) is 47.1 Å². The van der Waals surface area contributed by atoms with Gasteiger partial charge in [0.2, 0.25) is 5.82 Å². The number of carbonyl (C=O) groups excluding carboxylic acids is 1. The van der Waals surface area contributed by atoms with Crippen molar-refractivity contribution in [2.45, 2.75) is 39.2 Å². The molecule has 2 heterocycles. The van der Waals surface area contributed by atoms with Crippen molar-refractivity contribution in [1.82, 2.24) is 25.2 Å². The molecule has 1 amide bonds. The summed E-state index contributed by atoms with van der Waals surface area (Å²) in [4.78, 5) is 26.1. The lowest BCUT2D eigenvalue weighted by Crippen LogP contribution is -2.44. The van der Waals surface area contributed by atoms with Crippen LogP contribution in [0.15, 0.2) is 34.9 Å². The molecule has 0 saturated carbocycles. The molecule has 2 aromatic rings. The molecule has 1 saturated heterocycles. The number of aromatic nitrogens is 2. The van der Waals surface area contributed by atoms with Gasteiger partial charge in [-0.15, -0.1) is 0 Å². The fraction of sp³-hybridized carbons (Fsp3) is 0.500. The Bertz CT molecular complexity index is 952. The van der Waals surface area contributed by atoms with E-state index in [1.165, 1.54) is 5.56 Å². The van der Waals surface area contributed by atoms with Crippen molar-refractivity contribution >= 4 is 27.7 Å². The summed E-state index contributed by atoms with van der Waals surface area (Å²) in [5.74, 6) is 0.341. The molecular formula is C24H32BrN7O.